The van der Waals surface area contributed by atoms with E-state index in [0.29, 0.717) is 16.1 Å². The Labute approximate surface area is 220 Å². The van der Waals surface area contributed by atoms with Gasteiger partial charge in [0.05, 0.1) is 28.2 Å². The number of benzene rings is 1. The number of furan rings is 1. The Balaban J connectivity index is 1.69. The molecule has 9 nitrogen and oxygen atoms in total. The van der Waals surface area contributed by atoms with E-state index in [4.69, 9.17) is 9.15 Å². The number of nitrogens with one attached hydrogen (secondary N) is 3. The fraction of sp³-hybridized carbons (Fsp3) is 0.154. The van der Waals surface area contributed by atoms with Crippen molar-refractivity contribution < 1.29 is 28.3 Å². The molecular weight excluding hydrogens is 514 g/mol. The van der Waals surface area contributed by atoms with E-state index in [0.717, 1.165) is 11.3 Å². The molecule has 3 aromatic heterocycles. The summed E-state index contributed by atoms with van der Waals surface area (Å²) in [6.07, 6.45) is 0.0879. The van der Waals surface area contributed by atoms with Crippen LogP contribution in [0.4, 0.5) is 10.7 Å². The van der Waals surface area contributed by atoms with Crippen molar-refractivity contribution in [1.82, 2.24) is 5.32 Å². The van der Waals surface area contributed by atoms with Crippen molar-refractivity contribution in [2.75, 3.05) is 17.2 Å². The Morgan fingerprint density at radius 2 is 1.78 bits per heavy atom. The van der Waals surface area contributed by atoms with Crippen molar-refractivity contribution in [3.8, 4) is 0 Å². The van der Waals surface area contributed by atoms with Gasteiger partial charge >= 0.3 is 5.97 Å². The molecule has 0 spiro atoms. The van der Waals surface area contributed by atoms with E-state index in [1.807, 2.05) is 6.07 Å². The van der Waals surface area contributed by atoms with Gasteiger partial charge in [0.25, 0.3) is 11.8 Å². The molecule has 2 amide bonds. The van der Waals surface area contributed by atoms with Gasteiger partial charge in [0.2, 0.25) is 5.78 Å². The Kier molecular flexibility index (Phi) is 8.16. The van der Waals surface area contributed by atoms with Gasteiger partial charge < -0.3 is 25.1 Å². The number of thiophene rings is 2. The monoisotopic (exact) mass is 537 g/mol. The number of esters is 1. The van der Waals surface area contributed by atoms with Crippen LogP contribution in [0.5, 0.6) is 0 Å². The average molecular weight is 538 g/mol. The predicted molar refractivity (Wildman–Crippen MR) is 142 cm³/mol. The number of ether oxygens (including phenoxy) is 1. The summed E-state index contributed by atoms with van der Waals surface area (Å²) >= 11 is 2.20. The van der Waals surface area contributed by atoms with Gasteiger partial charge in [-0.2, -0.15) is 0 Å². The second kappa shape index (κ2) is 11.7. The number of rotatable bonds is 10. The minimum absolute atomic E-state index is 0.0154. The highest BCUT2D eigenvalue weighted by molar-refractivity contribution is 7.18. The summed E-state index contributed by atoms with van der Waals surface area (Å²) in [7, 11) is 0. The van der Waals surface area contributed by atoms with E-state index in [2.05, 4.69) is 16.0 Å². The van der Waals surface area contributed by atoms with E-state index >= 15 is 0 Å². The minimum Gasteiger partial charge on any atom is -0.462 e. The summed E-state index contributed by atoms with van der Waals surface area (Å²) < 4.78 is 10.4. The van der Waals surface area contributed by atoms with Crippen LogP contribution in [0, 0.1) is 6.92 Å². The van der Waals surface area contributed by atoms with E-state index in [1.165, 1.54) is 23.7 Å². The number of carbonyl (C=O) groups is 4. The molecule has 1 atom stereocenters. The number of Topliss-reactive ketones (excluding diaryl/α,β-unsaturated/α-hetero) is 1. The molecule has 0 fully saturated rings. The molecule has 3 heterocycles. The zero-order valence-electron chi connectivity index (χ0n) is 19.9. The minimum atomic E-state index is -1.26. The molecule has 0 radical (unpaired) electrons. The quantitative estimate of drug-likeness (QED) is 0.144. The smallest absolute Gasteiger partial charge is 0.341 e. The highest BCUT2D eigenvalue weighted by Crippen LogP contribution is 2.35. The van der Waals surface area contributed by atoms with Crippen molar-refractivity contribution in [1.29, 1.82) is 0 Å². The van der Waals surface area contributed by atoms with Crippen LogP contribution in [0.3, 0.4) is 0 Å². The summed E-state index contributed by atoms with van der Waals surface area (Å²) in [5.41, 5.74) is 1.09. The Morgan fingerprint density at radius 3 is 2.43 bits per heavy atom. The molecule has 0 aliphatic carbocycles. The molecule has 4 aromatic rings. The molecule has 11 heteroatoms. The number of anilines is 2. The van der Waals surface area contributed by atoms with Crippen molar-refractivity contribution in [3.63, 3.8) is 0 Å². The van der Waals surface area contributed by atoms with E-state index in [-0.39, 0.29) is 27.8 Å². The Hall–Kier alpha value is -4.22. The summed E-state index contributed by atoms with van der Waals surface area (Å²) in [5, 5.41) is 10.3. The van der Waals surface area contributed by atoms with Crippen LogP contribution >= 0.6 is 22.7 Å². The second-order valence-electron chi connectivity index (χ2n) is 7.67. The lowest BCUT2D eigenvalue weighted by atomic mass is 10.1. The first kappa shape index (κ1) is 25.9. The Bertz CT molecular complexity index is 1400. The van der Waals surface area contributed by atoms with Crippen LogP contribution in [-0.4, -0.2) is 36.3 Å². The molecule has 0 saturated carbocycles. The van der Waals surface area contributed by atoms with E-state index in [9.17, 15) is 19.2 Å². The molecule has 4 rings (SSSR count). The summed E-state index contributed by atoms with van der Waals surface area (Å²) in [4.78, 5) is 52.7. The third-order valence-electron chi connectivity index (χ3n) is 5.19. The molecule has 0 unspecified atom stereocenters. The maximum Gasteiger partial charge on any atom is 0.341 e. The van der Waals surface area contributed by atoms with Crippen LogP contribution in [0.25, 0.3) is 0 Å². The van der Waals surface area contributed by atoms with E-state index in [1.54, 1.807) is 61.7 Å². The lowest BCUT2D eigenvalue weighted by Crippen LogP contribution is -2.46. The van der Waals surface area contributed by atoms with Crippen LogP contribution in [0.1, 0.15) is 52.7 Å². The number of hydrogen-bond donors (Lipinski definition) is 3. The fourth-order valence-corrected chi connectivity index (χ4v) is 5.27. The lowest BCUT2D eigenvalue weighted by Gasteiger charge is -2.19. The Morgan fingerprint density at radius 1 is 1.00 bits per heavy atom. The number of hydrogen-bond acceptors (Lipinski definition) is 9. The van der Waals surface area contributed by atoms with Gasteiger partial charge in [0.1, 0.15) is 5.00 Å². The van der Waals surface area contributed by atoms with Gasteiger partial charge in [-0.1, -0.05) is 24.3 Å². The van der Waals surface area contributed by atoms with Crippen LogP contribution in [0.2, 0.25) is 0 Å². The highest BCUT2D eigenvalue weighted by Gasteiger charge is 2.31. The molecule has 0 aliphatic heterocycles. The first-order valence-electron chi connectivity index (χ1n) is 11.2. The zero-order valence-corrected chi connectivity index (χ0v) is 21.5. The van der Waals surface area contributed by atoms with Crippen molar-refractivity contribution in [2.24, 2.45) is 0 Å². The van der Waals surface area contributed by atoms with Crippen molar-refractivity contribution in [3.05, 3.63) is 92.9 Å². The number of ketones is 1. The molecule has 3 N–H and O–H groups in total. The SMILES string of the molecule is CCOC(=O)c1c(N[C@@H](NC(=O)c2ccco2)C(=O)c2cccs2)sc(C(=O)Nc2ccccc2)c1C. The normalized spacial score (nSPS) is 11.4. The number of amides is 2. The van der Waals surface area contributed by atoms with Crippen LogP contribution in [0.15, 0.2) is 70.7 Å². The summed E-state index contributed by atoms with van der Waals surface area (Å²) in [6.45, 7) is 3.42. The van der Waals surface area contributed by atoms with Gasteiger partial charge in [-0.05, 0) is 55.1 Å². The van der Waals surface area contributed by atoms with Crippen molar-refractivity contribution >= 4 is 56.9 Å². The van der Waals surface area contributed by atoms with Gasteiger partial charge in [-0.15, -0.1) is 22.7 Å². The van der Waals surface area contributed by atoms with Gasteiger partial charge in [-0.25, -0.2) is 4.79 Å². The van der Waals surface area contributed by atoms with Crippen LogP contribution in [-0.2, 0) is 4.74 Å². The number of para-hydroxylation sites is 1. The first-order chi connectivity index (χ1) is 17.9. The van der Waals surface area contributed by atoms with Gasteiger partial charge in [0, 0.05) is 5.69 Å². The molecule has 190 valence electrons. The molecule has 1 aromatic carbocycles. The maximum atomic E-state index is 13.3. The van der Waals surface area contributed by atoms with E-state index < -0.39 is 29.7 Å². The highest BCUT2D eigenvalue weighted by atomic mass is 32.1. The molecular formula is C26H23N3O6S2. The topological polar surface area (TPSA) is 127 Å². The third kappa shape index (κ3) is 5.96. The molecule has 0 aliphatic rings. The molecule has 0 bridgehead atoms. The molecule has 0 saturated heterocycles. The maximum absolute atomic E-state index is 13.3. The summed E-state index contributed by atoms with van der Waals surface area (Å²) in [6, 6.07) is 15.3. The number of carbonyl (C=O) groups excluding carboxylic acids is 4. The standard InChI is InChI=1S/C26H23N3O6S2/c1-3-34-26(33)19-15(2)21(24(32)27-16-9-5-4-6-10-16)37-25(19)29-22(20(30)18-12-8-14-36-18)28-23(31)17-11-7-13-35-17/h4-14,22,29H,3H2,1-2H3,(H,27,32)(H,28,31)/t22-/m1/s1. The second-order valence-corrected chi connectivity index (χ2v) is 9.64. The van der Waals surface area contributed by atoms with Gasteiger partial charge in [0.15, 0.2) is 11.9 Å². The largest absolute Gasteiger partial charge is 0.462 e. The zero-order chi connectivity index (χ0) is 26.4. The van der Waals surface area contributed by atoms with Crippen LogP contribution < -0.4 is 16.0 Å². The average Bonchev–Trinajstić information content (AvgIpc) is 3.66. The first-order valence-corrected chi connectivity index (χ1v) is 12.9. The van der Waals surface area contributed by atoms with Crippen molar-refractivity contribution in [2.45, 2.75) is 20.0 Å². The third-order valence-corrected chi connectivity index (χ3v) is 7.29. The predicted octanol–water partition coefficient (Wildman–Crippen LogP) is 5.19. The fourth-order valence-electron chi connectivity index (χ4n) is 3.46. The lowest BCUT2D eigenvalue weighted by molar-refractivity contribution is 0.0526. The van der Waals surface area contributed by atoms with Gasteiger partial charge in [-0.3, -0.25) is 14.4 Å². The summed E-state index contributed by atoms with van der Waals surface area (Å²) in [5.74, 6) is -2.11. The molecule has 37 heavy (non-hydrogen) atoms.